The summed E-state index contributed by atoms with van der Waals surface area (Å²) < 4.78 is 65.4. The summed E-state index contributed by atoms with van der Waals surface area (Å²) in [6, 6.07) is 22.4. The van der Waals surface area contributed by atoms with Gasteiger partial charge < -0.3 is 62.3 Å². The molecular formula is C67H83ClN6O15S. The van der Waals surface area contributed by atoms with Crippen molar-refractivity contribution in [3.8, 4) is 39.5 Å². The van der Waals surface area contributed by atoms with E-state index in [2.05, 4.69) is 29.4 Å². The highest BCUT2D eigenvalue weighted by Crippen LogP contribution is 2.44. The first-order valence-corrected chi connectivity index (χ1v) is 31.6. The Labute approximate surface area is 535 Å². The quantitative estimate of drug-likeness (QED) is 0.0298. The van der Waals surface area contributed by atoms with Crippen molar-refractivity contribution in [2.75, 3.05) is 101 Å². The van der Waals surface area contributed by atoms with Crippen LogP contribution in [0.4, 0.5) is 0 Å². The largest absolute Gasteiger partial charge is 0.493 e. The molecule has 2 amide bonds. The summed E-state index contributed by atoms with van der Waals surface area (Å²) >= 11 is 7.94. The van der Waals surface area contributed by atoms with Crippen LogP contribution >= 0.6 is 22.9 Å². The minimum absolute atomic E-state index is 0.0440. The van der Waals surface area contributed by atoms with Crippen molar-refractivity contribution in [2.45, 2.75) is 104 Å². The number of amides is 2. The lowest BCUT2D eigenvalue weighted by atomic mass is 9.91. The van der Waals surface area contributed by atoms with Gasteiger partial charge in [0.1, 0.15) is 41.4 Å². The van der Waals surface area contributed by atoms with Crippen LogP contribution < -0.4 is 33.7 Å². The van der Waals surface area contributed by atoms with Gasteiger partial charge in [-0.1, -0.05) is 61.8 Å². The predicted octanol–water partition coefficient (Wildman–Crippen LogP) is 10.4. The average Bonchev–Trinajstić information content (AvgIpc) is 1.59. The van der Waals surface area contributed by atoms with E-state index in [4.69, 9.17) is 68.7 Å². The number of carbonyl (C=O) groups excluding carboxylic acids is 4. The third kappa shape index (κ3) is 16.6. The summed E-state index contributed by atoms with van der Waals surface area (Å²) in [5, 5.41) is 13.4. The molecule has 0 radical (unpaired) electrons. The molecule has 4 heterocycles. The number of para-hydroxylation sites is 1. The van der Waals surface area contributed by atoms with Gasteiger partial charge in [-0.15, -0.1) is 21.5 Å². The molecular weight excluding hydrogens is 1200 g/mol. The molecule has 4 aromatic carbocycles. The predicted molar refractivity (Wildman–Crippen MR) is 341 cm³/mol. The molecule has 0 aliphatic carbocycles. The lowest BCUT2D eigenvalue weighted by molar-refractivity contribution is -0.162. The van der Waals surface area contributed by atoms with Crippen LogP contribution in [0, 0.1) is 26.7 Å². The van der Waals surface area contributed by atoms with Gasteiger partial charge in [0.25, 0.3) is 5.91 Å². The Balaban J connectivity index is 0.787. The number of hydrogen-bond acceptors (Lipinski definition) is 19. The maximum atomic E-state index is 14.6. The Morgan fingerprint density at radius 2 is 1.41 bits per heavy atom. The summed E-state index contributed by atoms with van der Waals surface area (Å²) in [4.78, 5) is 64.3. The van der Waals surface area contributed by atoms with Crippen LogP contribution in [0.3, 0.4) is 0 Å². The maximum absolute atomic E-state index is 14.6. The minimum Gasteiger partial charge on any atom is -0.493 e. The number of methoxy groups -OCH3 is 5. The summed E-state index contributed by atoms with van der Waals surface area (Å²) in [6.07, 6.45) is 2.74. The molecule has 2 aliphatic rings. The highest BCUT2D eigenvalue weighted by molar-refractivity contribution is 7.15. The second-order valence-corrected chi connectivity index (χ2v) is 23.3. The van der Waals surface area contributed by atoms with Crippen LogP contribution in [-0.4, -0.2) is 157 Å². The van der Waals surface area contributed by atoms with E-state index in [0.717, 1.165) is 50.7 Å². The van der Waals surface area contributed by atoms with E-state index in [0.29, 0.717) is 114 Å². The molecule has 1 fully saturated rings. The van der Waals surface area contributed by atoms with Crippen molar-refractivity contribution >= 4 is 52.4 Å². The Morgan fingerprint density at radius 3 is 2.08 bits per heavy atom. The number of rotatable bonds is 33. The fraction of sp³-hybridized carbons (Fsp3) is 0.478. The Bertz CT molecular complexity index is 3400. The molecule has 0 saturated carbocycles. The lowest BCUT2D eigenvalue weighted by Crippen LogP contribution is -2.50. The van der Waals surface area contributed by atoms with Crippen molar-refractivity contribution in [1.29, 1.82) is 0 Å². The fourth-order valence-corrected chi connectivity index (χ4v) is 12.6. The van der Waals surface area contributed by atoms with Gasteiger partial charge in [0.05, 0.1) is 92.7 Å². The van der Waals surface area contributed by atoms with E-state index in [1.54, 1.807) is 54.7 Å². The first-order valence-electron chi connectivity index (χ1n) is 30.4. The molecule has 23 heteroatoms. The maximum Gasteiger partial charge on any atom is 0.329 e. The normalized spacial score (nSPS) is 15.5. The number of thiophene rings is 1. The molecule has 0 unspecified atom stereocenters. The molecule has 21 nitrogen and oxygen atoms in total. The van der Waals surface area contributed by atoms with Crippen LogP contribution in [0.15, 0.2) is 83.9 Å². The molecule has 90 heavy (non-hydrogen) atoms. The number of hydrogen-bond donors (Lipinski definition) is 1. The van der Waals surface area contributed by atoms with E-state index in [9.17, 15) is 19.2 Å². The monoisotopic (exact) mass is 1280 g/mol. The standard InChI is InChI=1S/C67H83ClN6O15S/c1-11-48(46-38-56(81-8)62(83-10)57(39-46)82-9)64(76)73-29-16-15-18-51(73)67(78)89-53(26-20-44-21-27-54(79-6)55(37-44)80-7)50-17-13-14-19-52(50)88-40-58(75)69-28-30-84-31-32-85-33-34-86-35-36-87-66(77)49(12-2)61-63-72-71-43(5)74(63)65-59(41(3)42(4)90-65)60(70-61)45-22-24-47(68)25-23-45/h13-14,17,19,21-25,27,37-39,48-49,51,53,61H,11-12,15-16,18,20,26,28-36,40H2,1-10H3,(H,69,75)/t48-,49+,51-,53+,61-/m0/s1. The van der Waals surface area contributed by atoms with Gasteiger partial charge in [0.2, 0.25) is 11.7 Å². The summed E-state index contributed by atoms with van der Waals surface area (Å²) in [5.74, 6) is 1.25. The Morgan fingerprint density at radius 1 is 0.733 bits per heavy atom. The topological polar surface area (TPSA) is 228 Å². The van der Waals surface area contributed by atoms with Crippen LogP contribution in [0.25, 0.3) is 5.00 Å². The average molecular weight is 1280 g/mol. The number of ether oxygens (including phenoxy) is 11. The van der Waals surface area contributed by atoms with Gasteiger partial charge in [0, 0.05) is 39.7 Å². The molecule has 5 atom stereocenters. The number of nitrogens with one attached hydrogen (secondary N) is 1. The molecule has 0 bridgehead atoms. The van der Waals surface area contributed by atoms with Gasteiger partial charge >= 0.3 is 11.9 Å². The number of carbonyl (C=O) groups is 4. The van der Waals surface area contributed by atoms with Gasteiger partial charge in [0.15, 0.2) is 35.4 Å². The van der Waals surface area contributed by atoms with Crippen molar-refractivity contribution in [3.05, 3.63) is 134 Å². The van der Waals surface area contributed by atoms with E-state index in [1.807, 2.05) is 79.9 Å². The van der Waals surface area contributed by atoms with Crippen molar-refractivity contribution in [3.63, 3.8) is 0 Å². The summed E-state index contributed by atoms with van der Waals surface area (Å²) in [5.41, 5.74) is 5.87. The molecule has 484 valence electrons. The van der Waals surface area contributed by atoms with Crippen molar-refractivity contribution in [1.82, 2.24) is 25.0 Å². The summed E-state index contributed by atoms with van der Waals surface area (Å²) in [7, 11) is 7.71. The number of aliphatic imine (C=N–C) groups is 1. The van der Waals surface area contributed by atoms with Crippen LogP contribution in [-0.2, 0) is 49.3 Å². The number of benzene rings is 4. The van der Waals surface area contributed by atoms with Crippen molar-refractivity contribution < 1.29 is 71.3 Å². The first-order chi connectivity index (χ1) is 43.7. The lowest BCUT2D eigenvalue weighted by Gasteiger charge is -2.37. The van der Waals surface area contributed by atoms with E-state index in [-0.39, 0.29) is 58.0 Å². The second kappa shape index (κ2) is 33.3. The van der Waals surface area contributed by atoms with Gasteiger partial charge in [-0.25, -0.2) is 4.79 Å². The number of esters is 2. The number of piperidine rings is 1. The fourth-order valence-electron chi connectivity index (χ4n) is 11.3. The third-order valence-electron chi connectivity index (χ3n) is 16.1. The van der Waals surface area contributed by atoms with Gasteiger partial charge in [-0.2, -0.15) is 0 Å². The molecule has 1 N–H and O–H groups in total. The van der Waals surface area contributed by atoms with Crippen LogP contribution in [0.1, 0.15) is 120 Å². The number of nitrogens with zero attached hydrogens (tertiary/aromatic N) is 5. The number of aromatic nitrogens is 3. The second-order valence-electron chi connectivity index (χ2n) is 21.6. The molecule has 2 aromatic heterocycles. The zero-order valence-corrected chi connectivity index (χ0v) is 54.6. The molecule has 6 aromatic rings. The molecule has 1 saturated heterocycles. The van der Waals surface area contributed by atoms with E-state index < -0.39 is 42.0 Å². The van der Waals surface area contributed by atoms with Gasteiger partial charge in [-0.05, 0) is 125 Å². The Kier molecular flexibility index (Phi) is 25.3. The zero-order valence-electron chi connectivity index (χ0n) is 53.1. The van der Waals surface area contributed by atoms with E-state index >= 15 is 0 Å². The molecule has 0 spiro atoms. The SMILES string of the molecule is CC[C@H](C(=O)N1CCCC[C@H]1C(=O)O[C@H](CCc1ccc(OC)c(OC)c1)c1ccccc1OCC(=O)NCCOCCOCCOCCOC(=O)[C@H](CC)[C@@H]1N=C(c2ccc(Cl)cc2)c2c(sc(C)c2C)-n2c(C)nnc21)c1cc(OC)c(OC)c(OC)c1. The highest BCUT2D eigenvalue weighted by Gasteiger charge is 2.40. The minimum atomic E-state index is -0.851. The van der Waals surface area contributed by atoms with E-state index in [1.165, 1.54) is 21.3 Å². The number of likely N-dealkylation sites (tertiary alicyclic amines) is 1. The smallest absolute Gasteiger partial charge is 0.329 e. The molecule has 8 rings (SSSR count). The van der Waals surface area contributed by atoms with Crippen LogP contribution in [0.2, 0.25) is 5.02 Å². The number of aryl methyl sites for hydroxylation is 3. The number of halogens is 1. The highest BCUT2D eigenvalue weighted by atomic mass is 35.5. The molecule has 2 aliphatic heterocycles. The Hall–Kier alpha value is -7.76. The van der Waals surface area contributed by atoms with Crippen LogP contribution in [0.5, 0.6) is 34.5 Å². The summed E-state index contributed by atoms with van der Waals surface area (Å²) in [6.45, 7) is 11.8. The first kappa shape index (κ1) is 68.2. The van der Waals surface area contributed by atoms with Gasteiger partial charge in [-0.3, -0.25) is 23.9 Å². The third-order valence-corrected chi connectivity index (χ3v) is 17.5. The van der Waals surface area contributed by atoms with Crippen molar-refractivity contribution in [2.24, 2.45) is 10.9 Å². The zero-order chi connectivity index (χ0) is 64.3. The number of fused-ring (bicyclic) bond motifs is 3.